The number of benzene rings is 2. The molecule has 0 bridgehead atoms. The van der Waals surface area contributed by atoms with Crippen molar-refractivity contribution in [2.75, 3.05) is 27.4 Å². The van der Waals surface area contributed by atoms with E-state index in [1.165, 1.54) is 0 Å². The van der Waals surface area contributed by atoms with Gasteiger partial charge < -0.3 is 24.3 Å². The first-order chi connectivity index (χ1) is 12.7. The first kappa shape index (κ1) is 17.9. The van der Waals surface area contributed by atoms with Gasteiger partial charge in [-0.2, -0.15) is 0 Å². The summed E-state index contributed by atoms with van der Waals surface area (Å²) < 4.78 is 22.1. The molecule has 1 unspecified atom stereocenters. The predicted octanol–water partition coefficient (Wildman–Crippen LogP) is 2.59. The number of nitrogens with one attached hydrogen (secondary N) is 1. The van der Waals surface area contributed by atoms with Gasteiger partial charge in [-0.15, -0.1) is 0 Å². The van der Waals surface area contributed by atoms with Crippen molar-refractivity contribution in [2.24, 2.45) is 0 Å². The van der Waals surface area contributed by atoms with E-state index in [-0.39, 0.29) is 12.0 Å². The molecule has 0 radical (unpaired) electrons. The fourth-order valence-corrected chi connectivity index (χ4v) is 2.81. The molecule has 2 aromatic carbocycles. The van der Waals surface area contributed by atoms with Crippen molar-refractivity contribution in [3.8, 4) is 23.0 Å². The molecular weight excluding hydrogens is 334 g/mol. The van der Waals surface area contributed by atoms with Gasteiger partial charge in [-0.3, -0.25) is 4.79 Å². The molecule has 1 aliphatic rings. The number of methoxy groups -OCH3 is 2. The van der Waals surface area contributed by atoms with Gasteiger partial charge in [0.1, 0.15) is 24.2 Å². The number of fused-ring (bicyclic) bond motifs is 1. The van der Waals surface area contributed by atoms with Crippen LogP contribution in [-0.2, 0) is 11.2 Å². The highest BCUT2D eigenvalue weighted by molar-refractivity contribution is 5.76. The summed E-state index contributed by atoms with van der Waals surface area (Å²) in [6, 6.07) is 13.1. The molecule has 138 valence electrons. The number of carbonyl (C=O) groups is 1. The summed E-state index contributed by atoms with van der Waals surface area (Å²) in [5.74, 6) is 2.89. The average Bonchev–Trinajstić information content (AvgIpc) is 2.70. The van der Waals surface area contributed by atoms with Crippen LogP contribution in [0.4, 0.5) is 0 Å². The number of ether oxygens (including phenoxy) is 4. The van der Waals surface area contributed by atoms with E-state index in [9.17, 15) is 4.79 Å². The van der Waals surface area contributed by atoms with E-state index in [2.05, 4.69) is 5.32 Å². The first-order valence-corrected chi connectivity index (χ1v) is 8.55. The standard InChI is InChI=1S/C20H23NO5/c1-23-15-8-9-17(24-2)14(11-15)7-10-20(22)21-12-16-13-25-18-5-3-4-6-19(18)26-16/h3-6,8-9,11,16H,7,10,12-13H2,1-2H3,(H,21,22). The first-order valence-electron chi connectivity index (χ1n) is 8.55. The van der Waals surface area contributed by atoms with Gasteiger partial charge in [0.05, 0.1) is 20.8 Å². The lowest BCUT2D eigenvalue weighted by Gasteiger charge is -2.26. The van der Waals surface area contributed by atoms with Crippen LogP contribution in [0.5, 0.6) is 23.0 Å². The maximum absolute atomic E-state index is 12.2. The summed E-state index contributed by atoms with van der Waals surface area (Å²) in [4.78, 5) is 12.2. The number of aryl methyl sites for hydroxylation is 1. The predicted molar refractivity (Wildman–Crippen MR) is 97.2 cm³/mol. The van der Waals surface area contributed by atoms with Crippen LogP contribution in [0.2, 0.25) is 0 Å². The molecule has 2 aromatic rings. The van der Waals surface area contributed by atoms with Gasteiger partial charge in [0.25, 0.3) is 0 Å². The molecule has 6 heteroatoms. The molecule has 6 nitrogen and oxygen atoms in total. The van der Waals surface area contributed by atoms with E-state index in [0.29, 0.717) is 31.7 Å². The summed E-state index contributed by atoms with van der Waals surface area (Å²) in [5, 5.41) is 2.90. The van der Waals surface area contributed by atoms with Crippen LogP contribution in [0.25, 0.3) is 0 Å². The van der Waals surface area contributed by atoms with Crippen LogP contribution < -0.4 is 24.3 Å². The van der Waals surface area contributed by atoms with Crippen molar-refractivity contribution in [3.63, 3.8) is 0 Å². The minimum absolute atomic E-state index is 0.0441. The lowest BCUT2D eigenvalue weighted by atomic mass is 10.1. The minimum Gasteiger partial charge on any atom is -0.497 e. The van der Waals surface area contributed by atoms with Crippen LogP contribution in [0, 0.1) is 0 Å². The molecule has 0 saturated heterocycles. The highest BCUT2D eigenvalue weighted by Gasteiger charge is 2.21. The van der Waals surface area contributed by atoms with E-state index in [0.717, 1.165) is 22.8 Å². The topological polar surface area (TPSA) is 66.0 Å². The largest absolute Gasteiger partial charge is 0.497 e. The fourth-order valence-electron chi connectivity index (χ4n) is 2.81. The summed E-state index contributed by atoms with van der Waals surface area (Å²) in [7, 11) is 3.23. The molecular formula is C20H23NO5. The van der Waals surface area contributed by atoms with Crippen LogP contribution in [0.3, 0.4) is 0 Å². The molecule has 1 N–H and O–H groups in total. The molecule has 26 heavy (non-hydrogen) atoms. The molecule has 0 aliphatic carbocycles. The maximum atomic E-state index is 12.2. The fraction of sp³-hybridized carbons (Fsp3) is 0.350. The second kappa shape index (κ2) is 8.47. The lowest BCUT2D eigenvalue weighted by molar-refractivity contribution is -0.121. The summed E-state index contributed by atoms with van der Waals surface area (Å²) in [6.07, 6.45) is 0.727. The zero-order chi connectivity index (χ0) is 18.4. The zero-order valence-corrected chi connectivity index (χ0v) is 15.0. The Hall–Kier alpha value is -2.89. The normalized spacial score (nSPS) is 15.2. The second-order valence-electron chi connectivity index (χ2n) is 5.98. The number of carbonyl (C=O) groups excluding carboxylic acids is 1. The molecule has 0 aromatic heterocycles. The molecule has 3 rings (SSSR count). The van der Waals surface area contributed by atoms with Crippen molar-refractivity contribution in [1.29, 1.82) is 0 Å². The van der Waals surface area contributed by atoms with Crippen molar-refractivity contribution < 1.29 is 23.7 Å². The lowest BCUT2D eigenvalue weighted by Crippen LogP contribution is -2.40. The molecule has 1 amide bonds. The Kier molecular flexibility index (Phi) is 5.84. The third kappa shape index (κ3) is 4.39. The van der Waals surface area contributed by atoms with Gasteiger partial charge in [-0.05, 0) is 42.3 Å². The highest BCUT2D eigenvalue weighted by Crippen LogP contribution is 2.30. The van der Waals surface area contributed by atoms with Crippen LogP contribution in [0.1, 0.15) is 12.0 Å². The number of rotatable bonds is 7. The molecule has 0 fully saturated rings. The van der Waals surface area contributed by atoms with Crippen molar-refractivity contribution in [3.05, 3.63) is 48.0 Å². The van der Waals surface area contributed by atoms with E-state index in [4.69, 9.17) is 18.9 Å². The Labute approximate surface area is 153 Å². The van der Waals surface area contributed by atoms with E-state index in [1.807, 2.05) is 42.5 Å². The van der Waals surface area contributed by atoms with Crippen molar-refractivity contribution in [1.82, 2.24) is 5.32 Å². The highest BCUT2D eigenvalue weighted by atomic mass is 16.6. The van der Waals surface area contributed by atoms with E-state index in [1.54, 1.807) is 14.2 Å². The van der Waals surface area contributed by atoms with E-state index >= 15 is 0 Å². The number of amides is 1. The van der Waals surface area contributed by atoms with Gasteiger partial charge in [0, 0.05) is 6.42 Å². The monoisotopic (exact) mass is 357 g/mol. The summed E-state index contributed by atoms with van der Waals surface area (Å²) >= 11 is 0. The van der Waals surface area contributed by atoms with Gasteiger partial charge in [-0.25, -0.2) is 0 Å². The average molecular weight is 357 g/mol. The third-order valence-corrected chi connectivity index (χ3v) is 4.20. The molecule has 1 aliphatic heterocycles. The number of para-hydroxylation sites is 2. The zero-order valence-electron chi connectivity index (χ0n) is 15.0. The Morgan fingerprint density at radius 3 is 2.73 bits per heavy atom. The molecule has 1 heterocycles. The van der Waals surface area contributed by atoms with Crippen LogP contribution in [0.15, 0.2) is 42.5 Å². The Morgan fingerprint density at radius 1 is 1.15 bits per heavy atom. The third-order valence-electron chi connectivity index (χ3n) is 4.20. The van der Waals surface area contributed by atoms with Gasteiger partial charge in [0.2, 0.25) is 5.91 Å². The van der Waals surface area contributed by atoms with Gasteiger partial charge in [-0.1, -0.05) is 12.1 Å². The van der Waals surface area contributed by atoms with Crippen LogP contribution >= 0.6 is 0 Å². The molecule has 1 atom stereocenters. The number of hydrogen-bond acceptors (Lipinski definition) is 5. The summed E-state index contributed by atoms with van der Waals surface area (Å²) in [6.45, 7) is 0.823. The van der Waals surface area contributed by atoms with Crippen molar-refractivity contribution >= 4 is 5.91 Å². The number of hydrogen-bond donors (Lipinski definition) is 1. The maximum Gasteiger partial charge on any atom is 0.220 e. The van der Waals surface area contributed by atoms with Crippen LogP contribution in [-0.4, -0.2) is 39.4 Å². The molecule has 0 spiro atoms. The Bertz CT molecular complexity index is 762. The van der Waals surface area contributed by atoms with Gasteiger partial charge >= 0.3 is 0 Å². The summed E-state index contributed by atoms with van der Waals surface area (Å²) in [5.41, 5.74) is 0.938. The van der Waals surface area contributed by atoms with E-state index < -0.39 is 0 Å². The SMILES string of the molecule is COc1ccc(OC)c(CCC(=O)NCC2COc3ccccc3O2)c1. The Balaban J connectivity index is 1.48. The second-order valence-corrected chi connectivity index (χ2v) is 5.98. The minimum atomic E-state index is -0.194. The van der Waals surface area contributed by atoms with Crippen molar-refractivity contribution in [2.45, 2.75) is 18.9 Å². The smallest absolute Gasteiger partial charge is 0.220 e. The quantitative estimate of drug-likeness (QED) is 0.825. The van der Waals surface area contributed by atoms with Gasteiger partial charge in [0.15, 0.2) is 11.5 Å². The Morgan fingerprint density at radius 2 is 1.96 bits per heavy atom. The molecule has 0 saturated carbocycles.